The van der Waals surface area contributed by atoms with E-state index in [2.05, 4.69) is 5.10 Å². The van der Waals surface area contributed by atoms with E-state index in [1.807, 2.05) is 6.92 Å². The summed E-state index contributed by atoms with van der Waals surface area (Å²) in [6.07, 6.45) is 4.70. The van der Waals surface area contributed by atoms with Crippen LogP contribution in [0.3, 0.4) is 0 Å². The lowest BCUT2D eigenvalue weighted by atomic mass is 10.0. The summed E-state index contributed by atoms with van der Waals surface area (Å²) in [6, 6.07) is 4.61. The van der Waals surface area contributed by atoms with Gasteiger partial charge in [0.05, 0.1) is 16.9 Å². The summed E-state index contributed by atoms with van der Waals surface area (Å²) < 4.78 is 15.0. The Hall–Kier alpha value is -1.39. The molecular weight excluding hydrogens is 253 g/mol. The van der Waals surface area contributed by atoms with E-state index in [0.717, 1.165) is 17.7 Å². The molecule has 0 bridgehead atoms. The second-order valence-electron chi connectivity index (χ2n) is 4.25. The maximum absolute atomic E-state index is 13.3. The predicted octanol–water partition coefficient (Wildman–Crippen LogP) is 2.94. The molecule has 2 N–H and O–H groups in total. The molecule has 1 aromatic carbocycles. The van der Waals surface area contributed by atoms with Crippen molar-refractivity contribution in [2.45, 2.75) is 25.8 Å². The van der Waals surface area contributed by atoms with E-state index in [-0.39, 0.29) is 11.9 Å². The van der Waals surface area contributed by atoms with E-state index in [0.29, 0.717) is 11.4 Å². The second-order valence-corrected chi connectivity index (χ2v) is 4.69. The maximum atomic E-state index is 13.3. The molecule has 0 spiro atoms. The minimum Gasteiger partial charge on any atom is -0.327 e. The molecule has 0 saturated heterocycles. The third-order valence-corrected chi connectivity index (χ3v) is 3.04. The van der Waals surface area contributed by atoms with Crippen LogP contribution in [0.2, 0.25) is 5.02 Å². The zero-order valence-corrected chi connectivity index (χ0v) is 10.9. The molecule has 3 nitrogen and oxygen atoms in total. The van der Waals surface area contributed by atoms with E-state index in [1.165, 1.54) is 12.1 Å². The highest BCUT2D eigenvalue weighted by Gasteiger charge is 2.10. The molecule has 1 aromatic heterocycles. The van der Waals surface area contributed by atoms with Crippen LogP contribution in [0.1, 0.15) is 18.9 Å². The summed E-state index contributed by atoms with van der Waals surface area (Å²) in [5.41, 5.74) is 7.58. The fraction of sp³-hybridized carbons (Fsp3) is 0.308. The first-order valence-corrected chi connectivity index (χ1v) is 6.22. The monoisotopic (exact) mass is 267 g/mol. The van der Waals surface area contributed by atoms with Gasteiger partial charge in [-0.3, -0.25) is 0 Å². The zero-order chi connectivity index (χ0) is 13.1. The minimum atomic E-state index is -0.268. The van der Waals surface area contributed by atoms with E-state index in [9.17, 15) is 4.39 Å². The van der Waals surface area contributed by atoms with Crippen LogP contribution < -0.4 is 5.73 Å². The lowest BCUT2D eigenvalue weighted by Crippen LogP contribution is -2.22. The molecule has 0 amide bonds. The molecule has 1 atom stereocenters. The second kappa shape index (κ2) is 5.50. The number of halogens is 2. The van der Waals surface area contributed by atoms with Crippen LogP contribution in [0.15, 0.2) is 30.6 Å². The van der Waals surface area contributed by atoms with Crippen LogP contribution in [0.5, 0.6) is 0 Å². The molecule has 0 aliphatic heterocycles. The average Bonchev–Trinajstić information content (AvgIpc) is 2.75. The van der Waals surface area contributed by atoms with Gasteiger partial charge >= 0.3 is 0 Å². The van der Waals surface area contributed by atoms with Crippen molar-refractivity contribution in [1.82, 2.24) is 9.78 Å². The van der Waals surface area contributed by atoms with Gasteiger partial charge in [-0.25, -0.2) is 9.07 Å². The molecule has 1 heterocycles. The van der Waals surface area contributed by atoms with E-state index in [4.69, 9.17) is 17.3 Å². The van der Waals surface area contributed by atoms with Gasteiger partial charge in [0, 0.05) is 12.2 Å². The van der Waals surface area contributed by atoms with Crippen molar-refractivity contribution in [3.05, 3.63) is 47.0 Å². The maximum Gasteiger partial charge on any atom is 0.123 e. The summed E-state index contributed by atoms with van der Waals surface area (Å²) >= 11 is 5.84. The fourth-order valence-corrected chi connectivity index (χ4v) is 1.94. The van der Waals surface area contributed by atoms with Gasteiger partial charge in [0.25, 0.3) is 0 Å². The summed E-state index contributed by atoms with van der Waals surface area (Å²) in [5, 5.41) is 4.68. The first-order valence-electron chi connectivity index (χ1n) is 5.84. The van der Waals surface area contributed by atoms with Gasteiger partial charge < -0.3 is 5.73 Å². The van der Waals surface area contributed by atoms with Gasteiger partial charge in [0.15, 0.2) is 0 Å². The number of hydrogen-bond donors (Lipinski definition) is 1. The Morgan fingerprint density at radius 2 is 2.28 bits per heavy atom. The molecule has 96 valence electrons. The van der Waals surface area contributed by atoms with Crippen molar-refractivity contribution >= 4 is 11.6 Å². The number of rotatable bonds is 4. The standard InChI is InChI=1S/C13H15ClFN3/c1-2-12(16)6-9-5-11(15)3-4-13(9)18-8-10(14)7-17-18/h3-5,7-8,12H,2,6,16H2,1H3. The molecule has 5 heteroatoms. The van der Waals surface area contributed by atoms with Gasteiger partial charge in [0.1, 0.15) is 5.82 Å². The van der Waals surface area contributed by atoms with Crippen molar-refractivity contribution in [3.8, 4) is 5.69 Å². The SMILES string of the molecule is CCC(N)Cc1cc(F)ccc1-n1cc(Cl)cn1. The molecule has 18 heavy (non-hydrogen) atoms. The molecule has 2 rings (SSSR count). The van der Waals surface area contributed by atoms with Gasteiger partial charge in [0.2, 0.25) is 0 Å². The third kappa shape index (κ3) is 2.89. The van der Waals surface area contributed by atoms with Crippen LogP contribution in [-0.4, -0.2) is 15.8 Å². The number of benzene rings is 1. The van der Waals surface area contributed by atoms with Crippen molar-refractivity contribution in [3.63, 3.8) is 0 Å². The van der Waals surface area contributed by atoms with E-state index >= 15 is 0 Å². The Bertz CT molecular complexity index is 539. The molecule has 0 aliphatic rings. The number of hydrogen-bond acceptors (Lipinski definition) is 2. The molecule has 0 saturated carbocycles. The topological polar surface area (TPSA) is 43.8 Å². The smallest absolute Gasteiger partial charge is 0.123 e. The Kier molecular flexibility index (Phi) is 3.99. The lowest BCUT2D eigenvalue weighted by Gasteiger charge is -2.13. The highest BCUT2D eigenvalue weighted by molar-refractivity contribution is 6.30. The first kappa shape index (κ1) is 13.1. The average molecular weight is 268 g/mol. The fourth-order valence-electron chi connectivity index (χ4n) is 1.80. The summed E-state index contributed by atoms with van der Waals surface area (Å²) in [4.78, 5) is 0. The van der Waals surface area contributed by atoms with E-state index < -0.39 is 0 Å². The van der Waals surface area contributed by atoms with Crippen LogP contribution in [0.25, 0.3) is 5.69 Å². The first-order chi connectivity index (χ1) is 8.60. The minimum absolute atomic E-state index is 0.0107. The predicted molar refractivity (Wildman–Crippen MR) is 70.5 cm³/mol. The Morgan fingerprint density at radius 3 is 2.89 bits per heavy atom. The molecule has 0 fully saturated rings. The van der Waals surface area contributed by atoms with E-state index in [1.54, 1.807) is 23.1 Å². The van der Waals surface area contributed by atoms with Crippen molar-refractivity contribution in [1.29, 1.82) is 0 Å². The molecule has 2 aromatic rings. The summed E-state index contributed by atoms with van der Waals surface area (Å²) in [5.74, 6) is -0.268. The normalized spacial score (nSPS) is 12.7. The Balaban J connectivity index is 2.40. The molecular formula is C13H15ClFN3. The third-order valence-electron chi connectivity index (χ3n) is 2.85. The number of nitrogens with two attached hydrogens (primary N) is 1. The zero-order valence-electron chi connectivity index (χ0n) is 10.1. The van der Waals surface area contributed by atoms with Crippen molar-refractivity contribution in [2.75, 3.05) is 0 Å². The molecule has 0 radical (unpaired) electrons. The Labute approximate surface area is 110 Å². The molecule has 0 aliphatic carbocycles. The van der Waals surface area contributed by atoms with Crippen molar-refractivity contribution < 1.29 is 4.39 Å². The van der Waals surface area contributed by atoms with Gasteiger partial charge in [-0.15, -0.1) is 0 Å². The summed E-state index contributed by atoms with van der Waals surface area (Å²) in [6.45, 7) is 2.01. The van der Waals surface area contributed by atoms with Gasteiger partial charge in [-0.05, 0) is 36.6 Å². The van der Waals surface area contributed by atoms with Crippen LogP contribution >= 0.6 is 11.6 Å². The number of aromatic nitrogens is 2. The van der Waals surface area contributed by atoms with Crippen LogP contribution in [-0.2, 0) is 6.42 Å². The van der Waals surface area contributed by atoms with Crippen molar-refractivity contribution in [2.24, 2.45) is 5.73 Å². The van der Waals surface area contributed by atoms with Gasteiger partial charge in [-0.2, -0.15) is 5.10 Å². The lowest BCUT2D eigenvalue weighted by molar-refractivity contribution is 0.611. The Morgan fingerprint density at radius 1 is 1.50 bits per heavy atom. The highest BCUT2D eigenvalue weighted by atomic mass is 35.5. The van der Waals surface area contributed by atoms with Crippen LogP contribution in [0.4, 0.5) is 4.39 Å². The molecule has 1 unspecified atom stereocenters. The largest absolute Gasteiger partial charge is 0.327 e. The number of nitrogens with zero attached hydrogens (tertiary/aromatic N) is 2. The van der Waals surface area contributed by atoms with Gasteiger partial charge in [-0.1, -0.05) is 18.5 Å². The van der Waals surface area contributed by atoms with Crippen LogP contribution in [0, 0.1) is 5.82 Å². The highest BCUT2D eigenvalue weighted by Crippen LogP contribution is 2.19. The quantitative estimate of drug-likeness (QED) is 0.926. The summed E-state index contributed by atoms with van der Waals surface area (Å²) in [7, 11) is 0.